The summed E-state index contributed by atoms with van der Waals surface area (Å²) in [6.07, 6.45) is -0.525. The van der Waals surface area contributed by atoms with Crippen molar-refractivity contribution in [3.8, 4) is 11.1 Å². The fraction of sp³-hybridized carbons (Fsp3) is 0.375. The topological polar surface area (TPSA) is 83.9 Å². The third kappa shape index (κ3) is 3.87. The number of hydrogen-bond acceptors (Lipinski definition) is 5. The fourth-order valence-corrected chi connectivity index (χ4v) is 4.52. The molecule has 1 saturated heterocycles. The Bertz CT molecular complexity index is 940. The second kappa shape index (κ2) is 8.40. The van der Waals surface area contributed by atoms with Gasteiger partial charge in [0.25, 0.3) is 0 Å². The van der Waals surface area contributed by atoms with E-state index < -0.39 is 18.1 Å². The maximum absolute atomic E-state index is 12.5. The lowest BCUT2D eigenvalue weighted by Gasteiger charge is -2.22. The number of fused-ring (bicyclic) bond motifs is 3. The zero-order valence-corrected chi connectivity index (χ0v) is 16.9. The molecular weight excluding hydrogens is 382 g/mol. The van der Waals surface area contributed by atoms with E-state index >= 15 is 0 Å². The molecule has 1 fully saturated rings. The number of hydrogen-bond donors (Lipinski definition) is 1. The van der Waals surface area contributed by atoms with E-state index in [9.17, 15) is 19.5 Å². The Labute approximate surface area is 175 Å². The second-order valence-electron chi connectivity index (χ2n) is 7.97. The van der Waals surface area contributed by atoms with Crippen molar-refractivity contribution < 1.29 is 24.2 Å². The lowest BCUT2D eigenvalue weighted by molar-refractivity contribution is -0.146. The first kappa shape index (κ1) is 20.3. The van der Waals surface area contributed by atoms with Crippen LogP contribution < -0.4 is 0 Å². The third-order valence-electron chi connectivity index (χ3n) is 5.99. The smallest absolute Gasteiger partial charge is 0.306 e. The summed E-state index contributed by atoms with van der Waals surface area (Å²) in [6.45, 7) is 1.77. The average Bonchev–Trinajstić information content (AvgIpc) is 3.29. The Morgan fingerprint density at radius 3 is 2.20 bits per heavy atom. The molecule has 2 aliphatic rings. The number of aliphatic hydroxyl groups excluding tert-OH is 1. The molecule has 4 rings (SSSR count). The number of benzene rings is 2. The number of esters is 1. The normalized spacial score (nSPS) is 20.0. The lowest BCUT2D eigenvalue weighted by Crippen LogP contribution is -2.39. The van der Waals surface area contributed by atoms with E-state index in [0.717, 1.165) is 22.3 Å². The van der Waals surface area contributed by atoms with Crippen LogP contribution in [-0.4, -0.2) is 53.0 Å². The van der Waals surface area contributed by atoms with Crippen molar-refractivity contribution in [3.05, 3.63) is 59.7 Å². The maximum Gasteiger partial charge on any atom is 0.306 e. The van der Waals surface area contributed by atoms with E-state index in [0.29, 0.717) is 0 Å². The number of aliphatic hydroxyl groups is 1. The van der Waals surface area contributed by atoms with Crippen molar-refractivity contribution in [1.82, 2.24) is 4.90 Å². The highest BCUT2D eigenvalue weighted by Gasteiger charge is 2.37. The summed E-state index contributed by atoms with van der Waals surface area (Å²) in [4.78, 5) is 37.8. The molecule has 1 heterocycles. The molecule has 0 spiro atoms. The molecule has 0 radical (unpaired) electrons. The molecule has 0 unspecified atom stereocenters. The number of ketones is 1. The molecule has 1 aliphatic carbocycles. The number of likely N-dealkylation sites (tertiary alicyclic amines) is 1. The Morgan fingerprint density at radius 1 is 1.00 bits per heavy atom. The first-order chi connectivity index (χ1) is 14.5. The Balaban J connectivity index is 1.35. The molecule has 30 heavy (non-hydrogen) atoms. The van der Waals surface area contributed by atoms with Gasteiger partial charge in [-0.2, -0.15) is 0 Å². The van der Waals surface area contributed by atoms with Gasteiger partial charge in [0.15, 0.2) is 5.78 Å². The van der Waals surface area contributed by atoms with E-state index in [-0.39, 0.29) is 50.0 Å². The predicted octanol–water partition coefficient (Wildman–Crippen LogP) is 2.67. The number of carbonyl (C=O) groups excluding carboxylic acids is 3. The standard InChI is InChI=1S/C24H25NO5/c1-15(26)22-12-16(27)13-25(22)23(28)10-11-24(29)30-14-21-19-8-4-2-6-17(19)18-7-3-5-9-20(18)21/h2-9,16,21-22,27H,10-14H2,1H3/t16-,22+/m1/s1. The van der Waals surface area contributed by atoms with E-state index in [2.05, 4.69) is 24.3 Å². The van der Waals surface area contributed by atoms with Gasteiger partial charge in [0.1, 0.15) is 6.61 Å². The highest BCUT2D eigenvalue weighted by Crippen LogP contribution is 2.44. The van der Waals surface area contributed by atoms with Gasteiger partial charge in [-0.1, -0.05) is 48.5 Å². The number of Topliss-reactive ketones (excluding diaryl/α,β-unsaturated/α-hetero) is 1. The number of nitrogens with zero attached hydrogens (tertiary/aromatic N) is 1. The van der Waals surface area contributed by atoms with Gasteiger partial charge in [-0.3, -0.25) is 14.4 Å². The van der Waals surface area contributed by atoms with Gasteiger partial charge in [-0.15, -0.1) is 0 Å². The summed E-state index contributed by atoms with van der Waals surface area (Å²) >= 11 is 0. The molecule has 0 aromatic heterocycles. The van der Waals surface area contributed by atoms with E-state index in [1.54, 1.807) is 0 Å². The van der Waals surface area contributed by atoms with Crippen LogP contribution in [0.5, 0.6) is 0 Å². The second-order valence-corrected chi connectivity index (χ2v) is 7.97. The van der Waals surface area contributed by atoms with Gasteiger partial charge < -0.3 is 14.7 Å². The van der Waals surface area contributed by atoms with Crippen LogP contribution in [-0.2, 0) is 19.1 Å². The van der Waals surface area contributed by atoms with Gasteiger partial charge in [0, 0.05) is 25.3 Å². The van der Waals surface area contributed by atoms with E-state index in [1.165, 1.54) is 11.8 Å². The molecule has 2 aromatic rings. The summed E-state index contributed by atoms with van der Waals surface area (Å²) in [5.74, 6) is -0.918. The van der Waals surface area contributed by atoms with Crippen LogP contribution in [0.2, 0.25) is 0 Å². The third-order valence-corrected chi connectivity index (χ3v) is 5.99. The molecule has 2 aromatic carbocycles. The van der Waals surface area contributed by atoms with E-state index in [1.807, 2.05) is 24.3 Å². The molecule has 6 nitrogen and oxygen atoms in total. The van der Waals surface area contributed by atoms with Crippen molar-refractivity contribution >= 4 is 17.7 Å². The summed E-state index contributed by atoms with van der Waals surface area (Å²) in [7, 11) is 0. The Morgan fingerprint density at radius 2 is 1.60 bits per heavy atom. The van der Waals surface area contributed by atoms with Crippen molar-refractivity contribution in [2.24, 2.45) is 0 Å². The van der Waals surface area contributed by atoms with Crippen LogP contribution in [0.25, 0.3) is 11.1 Å². The summed E-state index contributed by atoms with van der Waals surface area (Å²) < 4.78 is 5.52. The van der Waals surface area contributed by atoms with Crippen LogP contribution in [0.15, 0.2) is 48.5 Å². The first-order valence-corrected chi connectivity index (χ1v) is 10.3. The molecular formula is C24H25NO5. The molecule has 1 aliphatic heterocycles. The Kier molecular flexibility index (Phi) is 5.68. The highest BCUT2D eigenvalue weighted by molar-refractivity contribution is 5.89. The number of carbonyl (C=O) groups is 3. The fourth-order valence-electron chi connectivity index (χ4n) is 4.52. The minimum absolute atomic E-state index is 0.0205. The predicted molar refractivity (Wildman–Crippen MR) is 111 cm³/mol. The van der Waals surface area contributed by atoms with Crippen molar-refractivity contribution in [3.63, 3.8) is 0 Å². The number of β-amino-alcohol motifs (C(OH)–C–C–N with tert-alkyl or cyclic N) is 1. The number of amides is 1. The van der Waals surface area contributed by atoms with Gasteiger partial charge in [0.05, 0.1) is 18.6 Å². The average molecular weight is 407 g/mol. The largest absolute Gasteiger partial charge is 0.465 e. The highest BCUT2D eigenvalue weighted by atomic mass is 16.5. The molecule has 156 valence electrons. The van der Waals surface area contributed by atoms with Crippen LogP contribution >= 0.6 is 0 Å². The molecule has 1 amide bonds. The van der Waals surface area contributed by atoms with Gasteiger partial charge >= 0.3 is 5.97 Å². The zero-order valence-electron chi connectivity index (χ0n) is 16.9. The molecule has 2 atom stereocenters. The van der Waals surface area contributed by atoms with Crippen LogP contribution in [0.4, 0.5) is 0 Å². The monoisotopic (exact) mass is 407 g/mol. The van der Waals surface area contributed by atoms with Crippen molar-refractivity contribution in [1.29, 1.82) is 0 Å². The zero-order chi connectivity index (χ0) is 21.3. The summed E-state index contributed by atoms with van der Waals surface area (Å²) in [5.41, 5.74) is 4.59. The van der Waals surface area contributed by atoms with Crippen LogP contribution in [0.1, 0.15) is 43.2 Å². The number of ether oxygens (including phenoxy) is 1. The van der Waals surface area contributed by atoms with Crippen LogP contribution in [0, 0.1) is 0 Å². The molecule has 0 saturated carbocycles. The summed E-state index contributed by atoms with van der Waals surface area (Å²) in [6, 6.07) is 15.6. The molecule has 1 N–H and O–H groups in total. The molecule has 6 heteroatoms. The van der Waals surface area contributed by atoms with Crippen LogP contribution in [0.3, 0.4) is 0 Å². The lowest BCUT2D eigenvalue weighted by atomic mass is 9.98. The SMILES string of the molecule is CC(=O)[C@@H]1C[C@@H](O)CN1C(=O)CCC(=O)OCC1c2ccccc2-c2ccccc21. The minimum atomic E-state index is -0.697. The summed E-state index contributed by atoms with van der Waals surface area (Å²) in [5, 5.41) is 9.77. The van der Waals surface area contributed by atoms with Crippen molar-refractivity contribution in [2.75, 3.05) is 13.2 Å². The first-order valence-electron chi connectivity index (χ1n) is 10.3. The van der Waals surface area contributed by atoms with Gasteiger partial charge in [-0.25, -0.2) is 0 Å². The number of rotatable bonds is 6. The van der Waals surface area contributed by atoms with E-state index in [4.69, 9.17) is 4.74 Å². The van der Waals surface area contributed by atoms with Gasteiger partial charge in [-0.05, 0) is 29.2 Å². The minimum Gasteiger partial charge on any atom is -0.465 e. The Hall–Kier alpha value is -2.99. The quantitative estimate of drug-likeness (QED) is 0.745. The van der Waals surface area contributed by atoms with Gasteiger partial charge in [0.2, 0.25) is 5.91 Å². The maximum atomic E-state index is 12.5. The molecule has 0 bridgehead atoms. The van der Waals surface area contributed by atoms with Crippen molar-refractivity contribution in [2.45, 2.75) is 44.2 Å².